The molecule has 1 atom stereocenters. The van der Waals surface area contributed by atoms with Gasteiger partial charge in [0.1, 0.15) is 0 Å². The lowest BCUT2D eigenvalue weighted by Gasteiger charge is -1.50. The van der Waals surface area contributed by atoms with Gasteiger partial charge >= 0.3 is 0 Å². The molecule has 0 N–H and O–H groups in total. The molecular weight excluding hydrogens is 95.0 g/mol. The van der Waals surface area contributed by atoms with Gasteiger partial charge in [-0.3, -0.25) is 0 Å². The Hall–Kier alpha value is -0.290. The fourth-order valence-corrected chi connectivity index (χ4v) is 0.227. The van der Waals surface area contributed by atoms with Gasteiger partial charge in [-0.15, -0.1) is 0 Å². The summed E-state index contributed by atoms with van der Waals surface area (Å²) < 4.78 is 4.58. The van der Waals surface area contributed by atoms with Gasteiger partial charge in [0, 0.05) is 0 Å². The minimum Gasteiger partial charge on any atom is -0.473 e. The van der Waals surface area contributed by atoms with E-state index in [1.165, 1.54) is 0 Å². The summed E-state index contributed by atoms with van der Waals surface area (Å²) in [5.41, 5.74) is 0. The molecule has 0 aliphatic heterocycles. The second kappa shape index (κ2) is 2.92. The second-order valence-electron chi connectivity index (χ2n) is 0.793. The topological polar surface area (TPSA) is 13.1 Å². The first-order valence-electron chi connectivity index (χ1n) is 1.47. The molecule has 1 nitrogen and oxygen atoms in total. The average Bonchev–Trinajstić information content (AvgIpc) is 1.76. The second-order valence-corrected chi connectivity index (χ2v) is 0.793. The Labute approximate surface area is 40.0 Å². The fourth-order valence-electron chi connectivity index (χ4n) is 0.227. The van der Waals surface area contributed by atoms with Crippen LogP contribution in [0.1, 0.15) is 0 Å². The van der Waals surface area contributed by atoms with Crippen LogP contribution < -0.4 is 0 Å². The smallest absolute Gasteiger partial charge is 0.0902 e. The maximum absolute atomic E-state index is 4.58. The molecule has 0 amide bonds. The number of hydrogen-bond donors (Lipinski definition) is 0. The number of hydrogen-bond acceptors (Lipinski definition) is 1. The molecule has 0 saturated heterocycles. The summed E-state index contributed by atoms with van der Waals surface area (Å²) in [5.74, 6) is 0. The van der Waals surface area contributed by atoms with E-state index in [1.807, 2.05) is 12.1 Å². The molecular formula is C4H7OP. The summed E-state index contributed by atoms with van der Waals surface area (Å²) in [7, 11) is 0. The molecule has 6 heavy (non-hydrogen) atoms. The molecule has 1 unspecified atom stereocenters. The van der Waals surface area contributed by atoms with Crippen LogP contribution in [0.25, 0.3) is 0 Å². The number of rotatable bonds is 0. The highest BCUT2D eigenvalue weighted by Gasteiger charge is 1.58. The van der Waals surface area contributed by atoms with E-state index in [4.69, 9.17) is 0 Å². The zero-order chi connectivity index (χ0) is 3.54. The molecule has 0 radical (unpaired) electrons. The molecule has 2 heteroatoms. The van der Waals surface area contributed by atoms with Crippen molar-refractivity contribution in [2.24, 2.45) is 0 Å². The van der Waals surface area contributed by atoms with Crippen LogP contribution in [0.15, 0.2) is 29.1 Å². The van der Waals surface area contributed by atoms with E-state index in [0.29, 0.717) is 0 Å². The first-order chi connectivity index (χ1) is 2.50. The molecule has 0 aliphatic carbocycles. The fraction of sp³-hybridized carbons (Fsp3) is 0. The average molecular weight is 102 g/mol. The summed E-state index contributed by atoms with van der Waals surface area (Å²) in [6.07, 6.45) is 3.25. The van der Waals surface area contributed by atoms with Gasteiger partial charge in [0.25, 0.3) is 0 Å². The summed E-state index contributed by atoms with van der Waals surface area (Å²) in [6.45, 7) is 0. The van der Waals surface area contributed by atoms with Crippen LogP contribution in [-0.2, 0) is 0 Å². The van der Waals surface area contributed by atoms with Gasteiger partial charge in [0.05, 0.1) is 12.5 Å². The van der Waals surface area contributed by atoms with Crippen molar-refractivity contribution in [3.05, 3.63) is 24.7 Å². The Kier molecular flexibility index (Phi) is 2.78. The molecule has 0 aliphatic rings. The third-order valence-corrected chi connectivity index (χ3v) is 0.425. The van der Waals surface area contributed by atoms with Gasteiger partial charge in [0.15, 0.2) is 0 Å². The molecule has 0 bridgehead atoms. The van der Waals surface area contributed by atoms with Crippen molar-refractivity contribution in [2.75, 3.05) is 0 Å². The maximum atomic E-state index is 4.58. The van der Waals surface area contributed by atoms with Crippen molar-refractivity contribution in [3.63, 3.8) is 0 Å². The van der Waals surface area contributed by atoms with Crippen molar-refractivity contribution in [2.45, 2.75) is 0 Å². The minimum atomic E-state index is 0. The largest absolute Gasteiger partial charge is 0.473 e. The Bertz CT molecular complexity index is 64.0. The molecule has 34 valence electrons. The minimum absolute atomic E-state index is 0. The SMILES string of the molecule is P.c1ccoc1. The summed E-state index contributed by atoms with van der Waals surface area (Å²) >= 11 is 0. The molecule has 0 spiro atoms. The molecule has 1 aromatic heterocycles. The van der Waals surface area contributed by atoms with Crippen molar-refractivity contribution in [1.29, 1.82) is 0 Å². The van der Waals surface area contributed by atoms with Gasteiger partial charge in [-0.25, -0.2) is 0 Å². The van der Waals surface area contributed by atoms with E-state index < -0.39 is 0 Å². The van der Waals surface area contributed by atoms with E-state index in [0.717, 1.165) is 0 Å². The molecule has 1 rings (SSSR count). The molecule has 1 aromatic rings. The van der Waals surface area contributed by atoms with Gasteiger partial charge in [-0.2, -0.15) is 9.90 Å². The molecule has 0 fully saturated rings. The lowest BCUT2D eigenvalue weighted by Crippen LogP contribution is -1.16. The van der Waals surface area contributed by atoms with Gasteiger partial charge in [-0.1, -0.05) is 0 Å². The molecule has 0 saturated carbocycles. The zero-order valence-corrected chi connectivity index (χ0v) is 4.84. The van der Waals surface area contributed by atoms with Gasteiger partial charge in [-0.05, 0) is 12.1 Å². The monoisotopic (exact) mass is 102 g/mol. The first-order valence-corrected chi connectivity index (χ1v) is 1.47. The van der Waals surface area contributed by atoms with E-state index in [1.54, 1.807) is 12.5 Å². The van der Waals surface area contributed by atoms with Crippen LogP contribution in [0.5, 0.6) is 0 Å². The van der Waals surface area contributed by atoms with E-state index >= 15 is 0 Å². The van der Waals surface area contributed by atoms with E-state index in [-0.39, 0.29) is 9.90 Å². The summed E-state index contributed by atoms with van der Waals surface area (Å²) in [5, 5.41) is 0. The van der Waals surface area contributed by atoms with Crippen LogP contribution in [-0.4, -0.2) is 0 Å². The van der Waals surface area contributed by atoms with Crippen molar-refractivity contribution in [1.82, 2.24) is 0 Å². The maximum Gasteiger partial charge on any atom is 0.0902 e. The Morgan fingerprint density at radius 3 is 1.67 bits per heavy atom. The lowest BCUT2D eigenvalue weighted by atomic mass is 10.7. The van der Waals surface area contributed by atoms with Crippen molar-refractivity contribution in [3.8, 4) is 0 Å². The Balaban J connectivity index is 0.000000250. The van der Waals surface area contributed by atoms with Crippen LogP contribution in [0.2, 0.25) is 0 Å². The van der Waals surface area contributed by atoms with Crippen molar-refractivity contribution < 1.29 is 4.42 Å². The standard InChI is InChI=1S/C4H4O.H3P/c1-2-4-5-3-1;/h1-4H;1H3. The normalized spacial score (nSPS) is 6.67. The number of furan rings is 1. The predicted octanol–water partition coefficient (Wildman–Crippen LogP) is 1.34. The van der Waals surface area contributed by atoms with Crippen LogP contribution in [0.3, 0.4) is 0 Å². The highest BCUT2D eigenvalue weighted by atomic mass is 31.0. The van der Waals surface area contributed by atoms with Crippen LogP contribution in [0.4, 0.5) is 0 Å². The Morgan fingerprint density at radius 2 is 1.50 bits per heavy atom. The van der Waals surface area contributed by atoms with Crippen molar-refractivity contribution >= 4 is 9.90 Å². The lowest BCUT2D eigenvalue weighted by molar-refractivity contribution is 0.567. The molecule has 0 aromatic carbocycles. The summed E-state index contributed by atoms with van der Waals surface area (Å²) in [6, 6.07) is 3.67. The zero-order valence-electron chi connectivity index (χ0n) is 3.42. The van der Waals surface area contributed by atoms with Crippen LogP contribution in [0, 0.1) is 0 Å². The van der Waals surface area contributed by atoms with Gasteiger partial charge in [0.2, 0.25) is 0 Å². The highest BCUT2D eigenvalue weighted by Crippen LogP contribution is 1.79. The van der Waals surface area contributed by atoms with E-state index in [2.05, 4.69) is 4.42 Å². The quantitative estimate of drug-likeness (QED) is 0.450. The van der Waals surface area contributed by atoms with Crippen LogP contribution >= 0.6 is 9.90 Å². The van der Waals surface area contributed by atoms with Gasteiger partial charge < -0.3 is 4.42 Å². The summed E-state index contributed by atoms with van der Waals surface area (Å²) in [4.78, 5) is 0. The molecule has 1 heterocycles. The third-order valence-electron chi connectivity index (χ3n) is 0.425. The Morgan fingerprint density at radius 1 is 1.00 bits per heavy atom. The van der Waals surface area contributed by atoms with E-state index in [9.17, 15) is 0 Å². The third kappa shape index (κ3) is 1.23. The first kappa shape index (κ1) is 5.71. The highest BCUT2D eigenvalue weighted by molar-refractivity contribution is 6.92. The predicted molar refractivity (Wildman–Crippen MR) is 29.8 cm³/mol.